The van der Waals surface area contributed by atoms with Crippen LogP contribution in [0, 0.1) is 13.8 Å². The highest BCUT2D eigenvalue weighted by molar-refractivity contribution is 5.95. The number of nitrogens with one attached hydrogen (secondary N) is 1. The monoisotopic (exact) mass is 338 g/mol. The van der Waals surface area contributed by atoms with Crippen molar-refractivity contribution in [3.8, 4) is 5.75 Å². The Morgan fingerprint density at radius 2 is 1.92 bits per heavy atom. The summed E-state index contributed by atoms with van der Waals surface area (Å²) in [5.41, 5.74) is 10.2. The molecule has 1 amide bonds. The number of amides is 1. The molecule has 3 aromatic rings. The van der Waals surface area contributed by atoms with Crippen LogP contribution in [-0.2, 0) is 11.2 Å². The highest BCUT2D eigenvalue weighted by Crippen LogP contribution is 2.27. The van der Waals surface area contributed by atoms with Gasteiger partial charge in [-0.05, 0) is 49.2 Å². The lowest BCUT2D eigenvalue weighted by atomic mass is 10.0. The number of hydrogen-bond acceptors (Lipinski definition) is 4. The maximum Gasteiger partial charge on any atom is 0.228 e. The van der Waals surface area contributed by atoms with Crippen molar-refractivity contribution in [3.63, 3.8) is 0 Å². The predicted octanol–water partition coefficient (Wildman–Crippen LogP) is 3.57. The van der Waals surface area contributed by atoms with Gasteiger partial charge < -0.3 is 20.2 Å². The van der Waals surface area contributed by atoms with E-state index in [9.17, 15) is 4.79 Å². The Kier molecular flexibility index (Phi) is 5.05. The van der Waals surface area contributed by atoms with Crippen LogP contribution >= 0.6 is 0 Å². The summed E-state index contributed by atoms with van der Waals surface area (Å²) in [4.78, 5) is 12.3. The van der Waals surface area contributed by atoms with Gasteiger partial charge in [-0.15, -0.1) is 0 Å². The lowest BCUT2D eigenvalue weighted by molar-refractivity contribution is -0.115. The van der Waals surface area contributed by atoms with Gasteiger partial charge in [0.15, 0.2) is 0 Å². The second kappa shape index (κ2) is 7.40. The van der Waals surface area contributed by atoms with Crippen LogP contribution in [0.15, 0.2) is 47.1 Å². The fourth-order valence-electron chi connectivity index (χ4n) is 2.71. The van der Waals surface area contributed by atoms with Crippen LogP contribution in [0.5, 0.6) is 5.75 Å². The van der Waals surface area contributed by atoms with Crippen molar-refractivity contribution < 1.29 is 13.9 Å². The Bertz CT molecular complexity index is 882. The molecule has 5 heteroatoms. The second-order valence-electron chi connectivity index (χ2n) is 6.03. The fraction of sp³-hybridized carbons (Fsp3) is 0.250. The summed E-state index contributed by atoms with van der Waals surface area (Å²) < 4.78 is 11.1. The van der Waals surface area contributed by atoms with E-state index in [1.807, 2.05) is 44.2 Å². The van der Waals surface area contributed by atoms with E-state index in [1.54, 1.807) is 6.26 Å². The van der Waals surface area contributed by atoms with Crippen molar-refractivity contribution >= 4 is 22.6 Å². The van der Waals surface area contributed by atoms with E-state index in [2.05, 4.69) is 11.4 Å². The Labute approximate surface area is 146 Å². The van der Waals surface area contributed by atoms with E-state index in [-0.39, 0.29) is 12.3 Å². The normalized spacial score (nSPS) is 10.8. The fourth-order valence-corrected chi connectivity index (χ4v) is 2.71. The Balaban J connectivity index is 1.68. The molecule has 0 aliphatic rings. The van der Waals surface area contributed by atoms with Gasteiger partial charge in [-0.2, -0.15) is 0 Å². The summed E-state index contributed by atoms with van der Waals surface area (Å²) in [6.07, 6.45) is 1.93. The molecule has 5 nitrogen and oxygen atoms in total. The van der Waals surface area contributed by atoms with Crippen LogP contribution in [0.4, 0.5) is 5.69 Å². The zero-order chi connectivity index (χ0) is 17.8. The number of rotatable bonds is 6. The van der Waals surface area contributed by atoms with Gasteiger partial charge in [-0.3, -0.25) is 4.79 Å². The molecular weight excluding hydrogens is 316 g/mol. The third-order valence-electron chi connectivity index (χ3n) is 4.22. The number of ether oxygens (including phenoxy) is 1. The van der Waals surface area contributed by atoms with Crippen molar-refractivity contribution in [2.24, 2.45) is 5.73 Å². The van der Waals surface area contributed by atoms with E-state index in [0.29, 0.717) is 13.2 Å². The first-order valence-electron chi connectivity index (χ1n) is 8.27. The molecule has 0 atom stereocenters. The number of aryl methyl sites for hydroxylation is 2. The molecule has 1 heterocycles. The first-order chi connectivity index (χ1) is 12.1. The zero-order valence-corrected chi connectivity index (χ0v) is 14.5. The molecule has 0 saturated heterocycles. The molecule has 0 radical (unpaired) electrons. The molecule has 2 aromatic carbocycles. The quantitative estimate of drug-likeness (QED) is 0.720. The molecule has 3 rings (SSSR count). The molecule has 130 valence electrons. The lowest BCUT2D eigenvalue weighted by Crippen LogP contribution is -2.14. The van der Waals surface area contributed by atoms with Gasteiger partial charge in [0, 0.05) is 23.2 Å². The van der Waals surface area contributed by atoms with Gasteiger partial charge in [0.2, 0.25) is 5.91 Å². The van der Waals surface area contributed by atoms with Crippen LogP contribution < -0.4 is 15.8 Å². The Morgan fingerprint density at radius 1 is 1.16 bits per heavy atom. The van der Waals surface area contributed by atoms with Crippen molar-refractivity contribution in [1.29, 1.82) is 0 Å². The van der Waals surface area contributed by atoms with E-state index < -0.39 is 0 Å². The number of fused-ring (bicyclic) bond motifs is 1. The third-order valence-corrected chi connectivity index (χ3v) is 4.22. The molecule has 0 bridgehead atoms. The number of furan rings is 1. The third kappa shape index (κ3) is 3.83. The number of benzene rings is 2. The minimum atomic E-state index is -0.0865. The maximum atomic E-state index is 12.3. The summed E-state index contributed by atoms with van der Waals surface area (Å²) in [5.74, 6) is 0.645. The minimum Gasteiger partial charge on any atom is -0.492 e. The average molecular weight is 338 g/mol. The summed E-state index contributed by atoms with van der Waals surface area (Å²) >= 11 is 0. The van der Waals surface area contributed by atoms with Crippen LogP contribution in [0.25, 0.3) is 11.0 Å². The molecule has 0 saturated carbocycles. The summed E-state index contributed by atoms with van der Waals surface area (Å²) in [6, 6.07) is 11.3. The lowest BCUT2D eigenvalue weighted by Gasteiger charge is -2.07. The molecule has 25 heavy (non-hydrogen) atoms. The van der Waals surface area contributed by atoms with Crippen molar-refractivity contribution in [1.82, 2.24) is 0 Å². The first-order valence-corrected chi connectivity index (χ1v) is 8.27. The molecule has 0 spiro atoms. The standard InChI is InChI=1S/C20H22N2O3/c1-13-3-8-18-15(12-25-20(18)14(13)2)11-19(23)22-16-4-6-17(7-5-16)24-10-9-21/h3-8,12H,9-11,21H2,1-2H3,(H,22,23). The van der Waals surface area contributed by atoms with Gasteiger partial charge in [0.1, 0.15) is 17.9 Å². The van der Waals surface area contributed by atoms with Crippen LogP contribution in [-0.4, -0.2) is 19.1 Å². The molecular formula is C20H22N2O3. The summed E-state index contributed by atoms with van der Waals surface area (Å²) in [6.45, 7) is 5.01. The Hall–Kier alpha value is -2.79. The zero-order valence-electron chi connectivity index (χ0n) is 14.5. The highest BCUT2D eigenvalue weighted by atomic mass is 16.5. The number of anilines is 1. The molecule has 3 N–H and O–H groups in total. The number of carbonyl (C=O) groups is 1. The van der Waals surface area contributed by atoms with Crippen molar-refractivity contribution in [2.75, 3.05) is 18.5 Å². The molecule has 1 aromatic heterocycles. The largest absolute Gasteiger partial charge is 0.492 e. The summed E-state index contributed by atoms with van der Waals surface area (Å²) in [5, 5.41) is 3.88. The van der Waals surface area contributed by atoms with Gasteiger partial charge in [-0.25, -0.2) is 0 Å². The first kappa shape index (κ1) is 17.0. The topological polar surface area (TPSA) is 77.5 Å². The number of carbonyl (C=O) groups excluding carboxylic acids is 1. The van der Waals surface area contributed by atoms with Crippen LogP contribution in [0.3, 0.4) is 0 Å². The summed E-state index contributed by atoms with van der Waals surface area (Å²) in [7, 11) is 0. The molecule has 0 aliphatic carbocycles. The molecule has 0 fully saturated rings. The number of nitrogens with two attached hydrogens (primary N) is 1. The highest BCUT2D eigenvalue weighted by Gasteiger charge is 2.13. The van der Waals surface area contributed by atoms with Crippen LogP contribution in [0.2, 0.25) is 0 Å². The van der Waals surface area contributed by atoms with Gasteiger partial charge >= 0.3 is 0 Å². The van der Waals surface area contributed by atoms with Crippen molar-refractivity contribution in [2.45, 2.75) is 20.3 Å². The van der Waals surface area contributed by atoms with Gasteiger partial charge in [-0.1, -0.05) is 12.1 Å². The van der Waals surface area contributed by atoms with Crippen LogP contribution in [0.1, 0.15) is 16.7 Å². The van der Waals surface area contributed by atoms with E-state index in [0.717, 1.165) is 33.5 Å². The predicted molar refractivity (Wildman–Crippen MR) is 99.0 cm³/mol. The average Bonchev–Trinajstić information content (AvgIpc) is 3.01. The number of hydrogen-bond donors (Lipinski definition) is 2. The van der Waals surface area contributed by atoms with E-state index >= 15 is 0 Å². The molecule has 0 unspecified atom stereocenters. The van der Waals surface area contributed by atoms with Gasteiger partial charge in [0.05, 0.1) is 12.7 Å². The minimum absolute atomic E-state index is 0.0865. The second-order valence-corrected chi connectivity index (χ2v) is 6.03. The van der Waals surface area contributed by atoms with Crippen molar-refractivity contribution in [3.05, 3.63) is 59.4 Å². The Morgan fingerprint density at radius 3 is 2.64 bits per heavy atom. The van der Waals surface area contributed by atoms with E-state index in [1.165, 1.54) is 5.56 Å². The smallest absolute Gasteiger partial charge is 0.228 e. The van der Waals surface area contributed by atoms with E-state index in [4.69, 9.17) is 14.9 Å². The SMILES string of the molecule is Cc1ccc2c(CC(=O)Nc3ccc(OCCN)cc3)coc2c1C. The maximum absolute atomic E-state index is 12.3. The van der Waals surface area contributed by atoms with Gasteiger partial charge in [0.25, 0.3) is 0 Å². The molecule has 0 aliphatic heterocycles.